The van der Waals surface area contributed by atoms with Crippen LogP contribution >= 0.6 is 22.6 Å². The number of benzene rings is 2. The molecule has 2 aromatic rings. The molecule has 1 unspecified atom stereocenters. The van der Waals surface area contributed by atoms with Crippen LogP contribution in [-0.4, -0.2) is 37.2 Å². The molecule has 0 amide bonds. The van der Waals surface area contributed by atoms with Gasteiger partial charge in [0.2, 0.25) is 0 Å². The second-order valence-corrected chi connectivity index (χ2v) is 8.26. The summed E-state index contributed by atoms with van der Waals surface area (Å²) >= 11 is 1.93. The fourth-order valence-corrected chi connectivity index (χ4v) is 3.36. The number of halogens is 3. The Kier molecular flexibility index (Phi) is 8.99. The molecular formula is C23H22F2IO6-. The van der Waals surface area contributed by atoms with Crippen LogP contribution in [0, 0.1) is 9.49 Å². The predicted molar refractivity (Wildman–Crippen MR) is 121 cm³/mol. The molecule has 6 nitrogen and oxygen atoms in total. The molecule has 1 atom stereocenters. The zero-order valence-electron chi connectivity index (χ0n) is 17.5. The molecule has 9 heteroatoms. The Morgan fingerprint density at radius 2 is 1.75 bits per heavy atom. The predicted octanol–water partition coefficient (Wildman–Crippen LogP) is 3.96. The van der Waals surface area contributed by atoms with Crippen molar-refractivity contribution in [3.63, 3.8) is 0 Å². The Morgan fingerprint density at radius 1 is 1.12 bits per heavy atom. The van der Waals surface area contributed by atoms with E-state index in [9.17, 15) is 23.5 Å². The van der Waals surface area contributed by atoms with Crippen molar-refractivity contribution in [1.29, 1.82) is 0 Å². The molecule has 0 heterocycles. The molecule has 0 fully saturated rings. The van der Waals surface area contributed by atoms with E-state index in [0.717, 1.165) is 5.56 Å². The Bertz CT molecular complexity index is 959. The van der Waals surface area contributed by atoms with Crippen LogP contribution in [0.3, 0.4) is 0 Å². The lowest BCUT2D eigenvalue weighted by atomic mass is 10.0. The van der Waals surface area contributed by atoms with Crippen molar-refractivity contribution in [2.75, 3.05) is 13.2 Å². The number of ether oxygens (including phenoxy) is 3. The average Bonchev–Trinajstić information content (AvgIpc) is 2.75. The first-order valence-electron chi connectivity index (χ1n) is 9.64. The molecule has 0 saturated carbocycles. The number of aliphatic carboxylic acids is 1. The summed E-state index contributed by atoms with van der Waals surface area (Å²) in [6.07, 6.45) is -0.433. The number of alkyl halides is 2. The van der Waals surface area contributed by atoms with E-state index in [0.29, 0.717) is 15.1 Å². The third-order valence-corrected chi connectivity index (χ3v) is 5.21. The zero-order valence-corrected chi connectivity index (χ0v) is 19.6. The summed E-state index contributed by atoms with van der Waals surface area (Å²) in [6.45, 7) is 6.85. The van der Waals surface area contributed by atoms with Gasteiger partial charge in [0, 0.05) is 0 Å². The third kappa shape index (κ3) is 6.65. The topological polar surface area (TPSA) is 84.9 Å². The number of carboxylic acid groups (broad SMARTS) is 1. The average molecular weight is 559 g/mol. The summed E-state index contributed by atoms with van der Waals surface area (Å²) in [7, 11) is 0. The quantitative estimate of drug-likeness (QED) is 0.236. The van der Waals surface area contributed by atoms with E-state index >= 15 is 0 Å². The molecule has 2 aromatic carbocycles. The van der Waals surface area contributed by atoms with Gasteiger partial charge < -0.3 is 24.1 Å². The van der Waals surface area contributed by atoms with E-state index in [4.69, 9.17) is 14.2 Å². The first-order valence-corrected chi connectivity index (χ1v) is 10.7. The highest BCUT2D eigenvalue weighted by Gasteiger charge is 2.46. The molecule has 0 aromatic heterocycles. The lowest BCUT2D eigenvalue weighted by Gasteiger charge is -2.30. The van der Waals surface area contributed by atoms with Gasteiger partial charge in [-0.15, -0.1) is 0 Å². The van der Waals surface area contributed by atoms with E-state index < -0.39 is 29.9 Å². The van der Waals surface area contributed by atoms with Crippen LogP contribution in [0.4, 0.5) is 8.78 Å². The van der Waals surface area contributed by atoms with Gasteiger partial charge in [-0.1, -0.05) is 38.6 Å². The first-order chi connectivity index (χ1) is 15.1. The van der Waals surface area contributed by atoms with Crippen LogP contribution in [-0.2, 0) is 9.53 Å². The van der Waals surface area contributed by atoms with Crippen molar-refractivity contribution >= 4 is 40.6 Å². The van der Waals surface area contributed by atoms with Gasteiger partial charge >= 0.3 is 11.9 Å². The van der Waals surface area contributed by atoms with E-state index in [1.165, 1.54) is 32.0 Å². The highest BCUT2D eigenvalue weighted by atomic mass is 127. The van der Waals surface area contributed by atoms with Gasteiger partial charge in [-0.3, -0.25) is 0 Å². The molecule has 0 bridgehead atoms. The fourth-order valence-electron chi connectivity index (χ4n) is 2.68. The maximum Gasteiger partial charge on any atom is 0.338 e. The number of rotatable bonds is 11. The maximum atomic E-state index is 13.8. The van der Waals surface area contributed by atoms with E-state index in [-0.39, 0.29) is 18.8 Å². The lowest BCUT2D eigenvalue weighted by Crippen LogP contribution is -2.53. The van der Waals surface area contributed by atoms with Crippen molar-refractivity contribution in [1.82, 2.24) is 0 Å². The maximum absolute atomic E-state index is 13.8. The zero-order chi connectivity index (χ0) is 23.9. The van der Waals surface area contributed by atoms with Gasteiger partial charge in [0.15, 0.2) is 6.10 Å². The second-order valence-electron chi connectivity index (χ2n) is 7.10. The minimum atomic E-state index is -4.31. The number of hydrogen-bond donors (Lipinski definition) is 0. The van der Waals surface area contributed by atoms with Crippen LogP contribution < -0.4 is 14.6 Å². The van der Waals surface area contributed by atoms with Gasteiger partial charge in [-0.25, -0.2) is 4.79 Å². The van der Waals surface area contributed by atoms with Gasteiger partial charge in [0.05, 0.1) is 9.13 Å². The van der Waals surface area contributed by atoms with Crippen LogP contribution in [0.1, 0.15) is 29.8 Å². The van der Waals surface area contributed by atoms with Crippen molar-refractivity contribution in [2.24, 2.45) is 5.92 Å². The number of carbonyl (C=O) groups is 2. The van der Waals surface area contributed by atoms with E-state index in [1.807, 2.05) is 46.9 Å². The number of carboxylic acids is 1. The summed E-state index contributed by atoms with van der Waals surface area (Å²) in [6, 6.07) is 11.6. The molecule has 0 spiro atoms. The van der Waals surface area contributed by atoms with Crippen molar-refractivity contribution < 1.29 is 37.7 Å². The highest BCUT2D eigenvalue weighted by Crippen LogP contribution is 2.29. The summed E-state index contributed by atoms with van der Waals surface area (Å²) in [5.74, 6) is -7.78. The molecule has 0 aliphatic heterocycles. The van der Waals surface area contributed by atoms with Crippen LogP contribution in [0.2, 0.25) is 0 Å². The number of esters is 1. The summed E-state index contributed by atoms with van der Waals surface area (Å²) in [5, 5.41) is 10.7. The van der Waals surface area contributed by atoms with Gasteiger partial charge in [0.1, 0.15) is 30.7 Å². The second kappa shape index (κ2) is 11.3. The molecule has 0 N–H and O–H groups in total. The minimum Gasteiger partial charge on any atom is -0.544 e. The van der Waals surface area contributed by atoms with Gasteiger partial charge in [-0.2, -0.15) is 8.78 Å². The van der Waals surface area contributed by atoms with Crippen LogP contribution in [0.5, 0.6) is 11.5 Å². The summed E-state index contributed by atoms with van der Waals surface area (Å²) in [4.78, 5) is 23.1. The molecule has 0 aliphatic rings. The Labute approximate surface area is 198 Å². The van der Waals surface area contributed by atoms with Crippen molar-refractivity contribution in [2.45, 2.75) is 25.9 Å². The van der Waals surface area contributed by atoms with E-state index in [2.05, 4.69) is 6.58 Å². The Morgan fingerprint density at radius 3 is 2.28 bits per heavy atom. The number of carbonyl (C=O) groups excluding carboxylic acids is 2. The lowest BCUT2D eigenvalue weighted by molar-refractivity contribution is -0.337. The molecule has 2 rings (SSSR count). The summed E-state index contributed by atoms with van der Waals surface area (Å²) < 4.78 is 44.2. The monoisotopic (exact) mass is 559 g/mol. The highest BCUT2D eigenvalue weighted by molar-refractivity contribution is 14.1. The standard InChI is InChI=1S/C23H23F2IO6/c1-4-15-5-8-17(9-6-15)30-11-12-31-19-10-7-16(13-18(19)26)21(27)32-20(14(2)3)23(24,25)22(28)29/h4-10,13-14,20H,1,11-12H2,2-3H3,(H,28,29)/p-1. The van der Waals surface area contributed by atoms with Crippen molar-refractivity contribution in [3.05, 3.63) is 63.7 Å². The minimum absolute atomic E-state index is 0.0138. The van der Waals surface area contributed by atoms with Crippen molar-refractivity contribution in [3.8, 4) is 11.5 Å². The smallest absolute Gasteiger partial charge is 0.338 e. The SMILES string of the molecule is C=Cc1ccc(OCCOc2ccc(C(=O)OC(C(C)C)C(F)(F)C(=O)[O-])cc2I)cc1. The molecule has 32 heavy (non-hydrogen) atoms. The molecule has 172 valence electrons. The normalized spacial score (nSPS) is 12.2. The Hall–Kier alpha value is -2.69. The Balaban J connectivity index is 1.95. The third-order valence-electron chi connectivity index (χ3n) is 4.36. The molecule has 0 radical (unpaired) electrons. The molecular weight excluding hydrogens is 537 g/mol. The fraction of sp³-hybridized carbons (Fsp3) is 0.304. The molecule has 0 saturated heterocycles. The van der Waals surface area contributed by atoms with Gasteiger partial charge in [-0.05, 0) is 64.4 Å². The largest absolute Gasteiger partial charge is 0.544 e. The van der Waals surface area contributed by atoms with E-state index in [1.54, 1.807) is 6.08 Å². The summed E-state index contributed by atoms with van der Waals surface area (Å²) in [5.41, 5.74) is 0.963. The first kappa shape index (κ1) is 25.6. The van der Waals surface area contributed by atoms with Gasteiger partial charge in [0.25, 0.3) is 0 Å². The number of hydrogen-bond acceptors (Lipinski definition) is 6. The van der Waals surface area contributed by atoms with Crippen LogP contribution in [0.15, 0.2) is 49.0 Å². The molecule has 0 aliphatic carbocycles. The van der Waals surface area contributed by atoms with Crippen LogP contribution in [0.25, 0.3) is 6.08 Å².